The summed E-state index contributed by atoms with van der Waals surface area (Å²) in [6.07, 6.45) is 4.74. The Morgan fingerprint density at radius 3 is 2.36 bits per heavy atom. The van der Waals surface area contributed by atoms with Crippen molar-refractivity contribution in [3.05, 3.63) is 65.9 Å². The molecular weight excluding hydrogens is 420 g/mol. The molecule has 9 nitrogen and oxygen atoms in total. The molecule has 2 N–H and O–H groups in total. The zero-order valence-electron chi connectivity index (χ0n) is 17.8. The Labute approximate surface area is 189 Å². The van der Waals surface area contributed by atoms with Crippen LogP contribution in [-0.4, -0.2) is 29.2 Å². The second kappa shape index (κ2) is 9.41. The van der Waals surface area contributed by atoms with Crippen LogP contribution in [-0.2, 0) is 0 Å². The third-order valence-electron chi connectivity index (χ3n) is 4.67. The number of H-pyrrole nitrogens is 1. The molecule has 0 bridgehead atoms. The van der Waals surface area contributed by atoms with E-state index in [1.54, 1.807) is 54.7 Å². The van der Waals surface area contributed by atoms with Gasteiger partial charge in [-0.05, 0) is 54.1 Å². The van der Waals surface area contributed by atoms with Gasteiger partial charge in [0.1, 0.15) is 5.52 Å². The number of methoxy groups -OCH3 is 2. The Morgan fingerprint density at radius 1 is 1.00 bits per heavy atom. The van der Waals surface area contributed by atoms with E-state index in [1.807, 2.05) is 6.07 Å². The maximum atomic E-state index is 8.98. The van der Waals surface area contributed by atoms with Crippen LogP contribution in [0.4, 0.5) is 11.6 Å². The predicted octanol–water partition coefficient (Wildman–Crippen LogP) is 4.92. The van der Waals surface area contributed by atoms with Crippen LogP contribution in [0.15, 0.2) is 54.7 Å². The highest BCUT2D eigenvalue weighted by Gasteiger charge is 2.19. The van der Waals surface area contributed by atoms with Gasteiger partial charge in [0.15, 0.2) is 11.5 Å². The van der Waals surface area contributed by atoms with Crippen molar-refractivity contribution in [1.29, 1.82) is 10.5 Å². The quantitative estimate of drug-likeness (QED) is 0.389. The van der Waals surface area contributed by atoms with E-state index in [9.17, 15) is 0 Å². The second-order valence-corrected chi connectivity index (χ2v) is 6.72. The van der Waals surface area contributed by atoms with Crippen molar-refractivity contribution in [3.63, 3.8) is 0 Å². The predicted molar refractivity (Wildman–Crippen MR) is 123 cm³/mol. The lowest BCUT2D eigenvalue weighted by Gasteiger charge is -2.15. The zero-order chi connectivity index (χ0) is 23.2. The summed E-state index contributed by atoms with van der Waals surface area (Å²) >= 11 is 0. The Kier molecular flexibility index (Phi) is 6.05. The van der Waals surface area contributed by atoms with E-state index >= 15 is 0 Å². The minimum Gasteiger partial charge on any atom is -0.493 e. The highest BCUT2D eigenvalue weighted by atomic mass is 16.5. The van der Waals surface area contributed by atoms with Crippen molar-refractivity contribution in [2.45, 2.75) is 0 Å². The maximum absolute atomic E-state index is 8.98. The molecule has 33 heavy (non-hydrogen) atoms. The van der Waals surface area contributed by atoms with Crippen LogP contribution < -0.4 is 19.5 Å². The van der Waals surface area contributed by atoms with E-state index in [-0.39, 0.29) is 5.88 Å². The minimum absolute atomic E-state index is 0.262. The van der Waals surface area contributed by atoms with Gasteiger partial charge in [-0.1, -0.05) is 0 Å². The highest BCUT2D eigenvalue weighted by molar-refractivity contribution is 5.82. The van der Waals surface area contributed by atoms with Gasteiger partial charge in [-0.2, -0.15) is 15.5 Å². The number of benzene rings is 2. The maximum Gasteiger partial charge on any atom is 0.249 e. The molecule has 9 heteroatoms. The second-order valence-electron chi connectivity index (χ2n) is 6.72. The zero-order valence-corrected chi connectivity index (χ0v) is 17.8. The molecule has 0 atom stereocenters. The van der Waals surface area contributed by atoms with E-state index in [1.165, 1.54) is 20.3 Å². The Bertz CT molecular complexity index is 1390. The third-order valence-corrected chi connectivity index (χ3v) is 4.67. The van der Waals surface area contributed by atoms with E-state index in [0.29, 0.717) is 45.4 Å². The van der Waals surface area contributed by atoms with Crippen molar-refractivity contribution in [3.8, 4) is 35.3 Å². The molecule has 0 fully saturated rings. The van der Waals surface area contributed by atoms with Crippen molar-refractivity contribution < 1.29 is 14.2 Å². The van der Waals surface area contributed by atoms with Crippen LogP contribution >= 0.6 is 0 Å². The Morgan fingerprint density at radius 2 is 1.73 bits per heavy atom. The molecule has 2 aromatic carbocycles. The van der Waals surface area contributed by atoms with Crippen molar-refractivity contribution in [2.75, 3.05) is 19.5 Å². The number of hydrogen-bond donors (Lipinski definition) is 2. The fourth-order valence-corrected chi connectivity index (χ4v) is 3.13. The highest BCUT2D eigenvalue weighted by Crippen LogP contribution is 2.42. The van der Waals surface area contributed by atoms with E-state index in [0.717, 1.165) is 5.69 Å². The largest absolute Gasteiger partial charge is 0.493 e. The molecule has 0 unspecified atom stereocenters. The summed E-state index contributed by atoms with van der Waals surface area (Å²) in [5.41, 5.74) is 3.23. The molecule has 4 aromatic rings. The van der Waals surface area contributed by atoms with Gasteiger partial charge in [-0.3, -0.25) is 0 Å². The molecule has 2 heterocycles. The normalized spacial score (nSPS) is 10.5. The van der Waals surface area contributed by atoms with Crippen LogP contribution in [0.25, 0.3) is 17.1 Å². The lowest BCUT2D eigenvalue weighted by Crippen LogP contribution is -2.01. The lowest BCUT2D eigenvalue weighted by molar-refractivity contribution is 0.343. The first-order valence-electron chi connectivity index (χ1n) is 9.77. The van der Waals surface area contributed by atoms with Gasteiger partial charge < -0.3 is 24.5 Å². The van der Waals surface area contributed by atoms with E-state index in [2.05, 4.69) is 26.3 Å². The summed E-state index contributed by atoms with van der Waals surface area (Å²) in [5.74, 6) is 1.72. The molecule has 4 rings (SSSR count). The average Bonchev–Trinajstić information content (AvgIpc) is 3.32. The Hall–Kier alpha value is -5.02. The van der Waals surface area contributed by atoms with Gasteiger partial charge in [0.05, 0.1) is 37.4 Å². The topological polar surface area (TPSA) is 129 Å². The number of nitriles is 2. The molecule has 0 saturated carbocycles. The summed E-state index contributed by atoms with van der Waals surface area (Å²) in [4.78, 5) is 12.1. The fraction of sp³-hybridized carbons (Fsp3) is 0.0833. The molecule has 0 amide bonds. The van der Waals surface area contributed by atoms with Gasteiger partial charge in [-0.15, -0.1) is 0 Å². The van der Waals surface area contributed by atoms with Gasteiger partial charge in [0.25, 0.3) is 0 Å². The van der Waals surface area contributed by atoms with Crippen LogP contribution in [0.3, 0.4) is 0 Å². The molecule has 0 spiro atoms. The van der Waals surface area contributed by atoms with Gasteiger partial charge >= 0.3 is 0 Å². The SMILES string of the molecule is COc1cc(/C=C/C#N)cc(OC)c1Oc1nc(Nc2ccc(C#N)cc2)nc2cc[nH]c12. The summed E-state index contributed by atoms with van der Waals surface area (Å²) in [6.45, 7) is 0. The fourth-order valence-electron chi connectivity index (χ4n) is 3.13. The number of allylic oxidation sites excluding steroid dienone is 1. The number of aromatic nitrogens is 3. The molecule has 0 saturated heterocycles. The molecule has 0 aliphatic carbocycles. The van der Waals surface area contributed by atoms with Gasteiger partial charge in [0.2, 0.25) is 17.6 Å². The number of nitrogens with one attached hydrogen (secondary N) is 2. The first-order chi connectivity index (χ1) is 16.1. The standard InChI is InChI=1S/C24H18N6O3/c1-31-19-12-16(4-3-10-25)13-20(32-2)22(19)33-23-21-18(9-11-27-21)29-24(30-23)28-17-7-5-15(14-26)6-8-17/h3-9,11-13,27H,1-2H3,(H,28,29,30)/b4-3+. The van der Waals surface area contributed by atoms with Gasteiger partial charge in [-0.25, -0.2) is 4.98 Å². The molecule has 0 aliphatic rings. The average molecular weight is 438 g/mol. The molecule has 2 aromatic heterocycles. The molecular formula is C24H18N6O3. The summed E-state index contributed by atoms with van der Waals surface area (Å²) < 4.78 is 17.2. The van der Waals surface area contributed by atoms with Crippen LogP contribution in [0.1, 0.15) is 11.1 Å². The molecule has 0 aliphatic heterocycles. The number of fused-ring (bicyclic) bond motifs is 1. The van der Waals surface area contributed by atoms with E-state index < -0.39 is 0 Å². The van der Waals surface area contributed by atoms with Crippen LogP contribution in [0, 0.1) is 22.7 Å². The first kappa shape index (κ1) is 21.2. The summed E-state index contributed by atoms with van der Waals surface area (Å²) in [6, 6.07) is 16.2. The number of rotatable bonds is 7. The van der Waals surface area contributed by atoms with Crippen molar-refractivity contribution >= 4 is 28.7 Å². The third kappa shape index (κ3) is 4.53. The van der Waals surface area contributed by atoms with E-state index in [4.69, 9.17) is 24.7 Å². The number of anilines is 2. The molecule has 162 valence electrons. The lowest BCUT2D eigenvalue weighted by atomic mass is 10.1. The van der Waals surface area contributed by atoms with Crippen molar-refractivity contribution in [1.82, 2.24) is 15.0 Å². The Balaban J connectivity index is 1.74. The number of hydrogen-bond acceptors (Lipinski definition) is 8. The minimum atomic E-state index is 0.262. The monoisotopic (exact) mass is 438 g/mol. The number of nitrogens with zero attached hydrogens (tertiary/aromatic N) is 4. The number of ether oxygens (including phenoxy) is 3. The number of aromatic amines is 1. The summed E-state index contributed by atoms with van der Waals surface area (Å²) in [5, 5.41) is 20.9. The smallest absolute Gasteiger partial charge is 0.249 e. The molecule has 0 radical (unpaired) electrons. The van der Waals surface area contributed by atoms with Gasteiger partial charge in [0, 0.05) is 18.0 Å². The van der Waals surface area contributed by atoms with Crippen LogP contribution in [0.2, 0.25) is 0 Å². The van der Waals surface area contributed by atoms with Crippen LogP contribution in [0.5, 0.6) is 23.1 Å². The summed E-state index contributed by atoms with van der Waals surface area (Å²) in [7, 11) is 3.03. The first-order valence-corrected chi connectivity index (χ1v) is 9.77. The van der Waals surface area contributed by atoms with Crippen molar-refractivity contribution in [2.24, 2.45) is 0 Å².